The molecule has 2 atom stereocenters. The SMILES string of the molecule is COC(=O)[C@@H]1CCC[C@H](Oc2ccc(COC(=O)Oc3ccc([N+](=O)[O-])cc3)cc2)O1. The molecule has 164 valence electrons. The first-order chi connectivity index (χ1) is 14.9. The molecule has 1 aliphatic rings. The minimum atomic E-state index is -0.932. The second kappa shape index (κ2) is 10.4. The Morgan fingerprint density at radius 1 is 1.06 bits per heavy atom. The number of esters is 1. The van der Waals surface area contributed by atoms with Gasteiger partial charge in [0.15, 0.2) is 6.10 Å². The van der Waals surface area contributed by atoms with Crippen molar-refractivity contribution in [2.45, 2.75) is 38.3 Å². The zero-order valence-corrected chi connectivity index (χ0v) is 16.7. The fourth-order valence-electron chi connectivity index (χ4n) is 2.90. The highest BCUT2D eigenvalue weighted by Crippen LogP contribution is 2.24. The molecule has 0 unspecified atom stereocenters. The normalized spacial score (nSPS) is 18.0. The summed E-state index contributed by atoms with van der Waals surface area (Å²) < 4.78 is 26.1. The predicted molar refractivity (Wildman–Crippen MR) is 106 cm³/mol. The van der Waals surface area contributed by atoms with Crippen molar-refractivity contribution in [3.63, 3.8) is 0 Å². The molecule has 0 bridgehead atoms. The van der Waals surface area contributed by atoms with Crippen LogP contribution in [0.2, 0.25) is 0 Å². The van der Waals surface area contributed by atoms with Crippen molar-refractivity contribution < 1.29 is 38.2 Å². The minimum absolute atomic E-state index is 0.0313. The number of non-ortho nitro benzene ring substituents is 1. The van der Waals surface area contributed by atoms with Crippen molar-refractivity contribution in [1.29, 1.82) is 0 Å². The van der Waals surface area contributed by atoms with E-state index in [2.05, 4.69) is 0 Å². The molecule has 0 radical (unpaired) electrons. The lowest BCUT2D eigenvalue weighted by Crippen LogP contribution is -2.37. The lowest BCUT2D eigenvalue weighted by atomic mass is 10.1. The number of nitro groups is 1. The van der Waals surface area contributed by atoms with E-state index in [1.54, 1.807) is 24.3 Å². The van der Waals surface area contributed by atoms with Gasteiger partial charge in [-0.15, -0.1) is 0 Å². The van der Waals surface area contributed by atoms with E-state index in [1.165, 1.54) is 31.4 Å². The van der Waals surface area contributed by atoms with Crippen molar-refractivity contribution in [1.82, 2.24) is 0 Å². The molecule has 0 N–H and O–H groups in total. The Morgan fingerprint density at radius 2 is 1.74 bits per heavy atom. The van der Waals surface area contributed by atoms with Crippen molar-refractivity contribution in [2.75, 3.05) is 7.11 Å². The Morgan fingerprint density at radius 3 is 2.39 bits per heavy atom. The van der Waals surface area contributed by atoms with E-state index in [0.717, 1.165) is 6.42 Å². The fraction of sp³-hybridized carbons (Fsp3) is 0.333. The zero-order valence-electron chi connectivity index (χ0n) is 16.7. The molecule has 0 amide bonds. The first-order valence-corrected chi connectivity index (χ1v) is 9.52. The van der Waals surface area contributed by atoms with Crippen molar-refractivity contribution in [3.05, 3.63) is 64.2 Å². The predicted octanol–water partition coefficient (Wildman–Crippen LogP) is 3.76. The number of hydrogen-bond acceptors (Lipinski definition) is 9. The van der Waals surface area contributed by atoms with Gasteiger partial charge < -0.3 is 23.7 Å². The second-order valence-electron chi connectivity index (χ2n) is 6.66. The van der Waals surface area contributed by atoms with Crippen LogP contribution in [-0.2, 0) is 25.6 Å². The molecule has 1 aliphatic heterocycles. The number of nitrogens with zero attached hydrogens (tertiary/aromatic N) is 1. The third kappa shape index (κ3) is 6.41. The molecule has 0 saturated carbocycles. The summed E-state index contributed by atoms with van der Waals surface area (Å²) in [6, 6.07) is 11.9. The Hall–Kier alpha value is -3.66. The lowest BCUT2D eigenvalue weighted by Gasteiger charge is -2.28. The zero-order chi connectivity index (χ0) is 22.2. The third-order valence-corrected chi connectivity index (χ3v) is 4.48. The summed E-state index contributed by atoms with van der Waals surface area (Å²) in [5.41, 5.74) is 0.590. The van der Waals surface area contributed by atoms with Crippen LogP contribution in [0.1, 0.15) is 24.8 Å². The second-order valence-corrected chi connectivity index (χ2v) is 6.66. The Kier molecular flexibility index (Phi) is 7.39. The maximum Gasteiger partial charge on any atom is 0.514 e. The minimum Gasteiger partial charge on any atom is -0.467 e. The highest BCUT2D eigenvalue weighted by Gasteiger charge is 2.29. The summed E-state index contributed by atoms with van der Waals surface area (Å²) in [4.78, 5) is 33.5. The standard InChI is InChI=1S/C21H21NO9/c1-27-20(23)18-3-2-4-19(31-18)29-16-9-5-14(6-10-16)13-28-21(24)30-17-11-7-15(8-12-17)22(25)26/h5-12,18-19H,2-4,13H2,1H3/t18-,19+/m0/s1. The smallest absolute Gasteiger partial charge is 0.467 e. The maximum absolute atomic E-state index is 11.8. The van der Waals surface area contributed by atoms with E-state index < -0.39 is 29.4 Å². The Labute approximate surface area is 177 Å². The number of carbonyl (C=O) groups is 2. The molecule has 0 spiro atoms. The van der Waals surface area contributed by atoms with Gasteiger partial charge in [0.25, 0.3) is 5.69 Å². The lowest BCUT2D eigenvalue weighted by molar-refractivity contribution is -0.384. The molecule has 0 aliphatic carbocycles. The van der Waals surface area contributed by atoms with Crippen LogP contribution in [-0.4, -0.2) is 36.6 Å². The maximum atomic E-state index is 11.8. The average Bonchev–Trinajstić information content (AvgIpc) is 2.78. The number of ether oxygens (including phenoxy) is 5. The summed E-state index contributed by atoms with van der Waals surface area (Å²) in [7, 11) is 1.32. The molecular weight excluding hydrogens is 410 g/mol. The van der Waals surface area contributed by atoms with Crippen LogP contribution in [0, 0.1) is 10.1 Å². The van der Waals surface area contributed by atoms with Crippen LogP contribution in [0.15, 0.2) is 48.5 Å². The monoisotopic (exact) mass is 431 g/mol. The topological polar surface area (TPSA) is 123 Å². The van der Waals surface area contributed by atoms with Crippen LogP contribution in [0.4, 0.5) is 10.5 Å². The molecule has 1 heterocycles. The summed E-state index contributed by atoms with van der Waals surface area (Å²) >= 11 is 0. The van der Waals surface area contributed by atoms with Gasteiger partial charge in [-0.3, -0.25) is 10.1 Å². The highest BCUT2D eigenvalue weighted by atomic mass is 16.7. The number of rotatable bonds is 7. The molecule has 3 rings (SSSR count). The number of methoxy groups -OCH3 is 1. The van der Waals surface area contributed by atoms with Crippen LogP contribution in [0.3, 0.4) is 0 Å². The van der Waals surface area contributed by atoms with Gasteiger partial charge in [0.1, 0.15) is 18.1 Å². The molecular formula is C21H21NO9. The van der Waals surface area contributed by atoms with Crippen LogP contribution >= 0.6 is 0 Å². The number of benzene rings is 2. The van der Waals surface area contributed by atoms with Crippen molar-refractivity contribution >= 4 is 17.8 Å². The van der Waals surface area contributed by atoms with Crippen molar-refractivity contribution in [3.8, 4) is 11.5 Å². The van der Waals surface area contributed by atoms with Crippen LogP contribution in [0.5, 0.6) is 11.5 Å². The van der Waals surface area contributed by atoms with Crippen LogP contribution < -0.4 is 9.47 Å². The summed E-state index contributed by atoms with van der Waals surface area (Å²) in [5, 5.41) is 10.6. The number of hydrogen-bond donors (Lipinski definition) is 0. The number of carbonyl (C=O) groups excluding carboxylic acids is 2. The molecule has 1 fully saturated rings. The quantitative estimate of drug-likeness (QED) is 0.279. The van der Waals surface area contributed by atoms with Gasteiger partial charge in [-0.05, 0) is 42.7 Å². The largest absolute Gasteiger partial charge is 0.514 e. The highest BCUT2D eigenvalue weighted by molar-refractivity contribution is 5.74. The van der Waals surface area contributed by atoms with Crippen molar-refractivity contribution in [2.24, 2.45) is 0 Å². The van der Waals surface area contributed by atoms with Gasteiger partial charge in [0, 0.05) is 18.6 Å². The first kappa shape index (κ1) is 22.0. The van der Waals surface area contributed by atoms with Gasteiger partial charge in [-0.25, -0.2) is 9.59 Å². The summed E-state index contributed by atoms with van der Waals surface area (Å²) in [6.07, 6.45) is -0.0628. The molecule has 1 saturated heterocycles. The van der Waals surface area contributed by atoms with E-state index in [0.29, 0.717) is 24.2 Å². The van der Waals surface area contributed by atoms with Gasteiger partial charge in [-0.2, -0.15) is 0 Å². The van der Waals surface area contributed by atoms with Crippen LogP contribution in [0.25, 0.3) is 0 Å². The Bertz CT molecular complexity index is 911. The van der Waals surface area contributed by atoms with E-state index >= 15 is 0 Å². The first-order valence-electron chi connectivity index (χ1n) is 9.52. The molecule has 31 heavy (non-hydrogen) atoms. The van der Waals surface area contributed by atoms with Gasteiger partial charge in [-0.1, -0.05) is 12.1 Å². The fourth-order valence-corrected chi connectivity index (χ4v) is 2.90. The van der Waals surface area contributed by atoms with E-state index in [9.17, 15) is 19.7 Å². The van der Waals surface area contributed by atoms with Gasteiger partial charge >= 0.3 is 12.1 Å². The summed E-state index contributed by atoms with van der Waals surface area (Å²) in [5.74, 6) is 0.270. The third-order valence-electron chi connectivity index (χ3n) is 4.48. The molecule has 10 heteroatoms. The molecule has 2 aromatic rings. The molecule has 2 aromatic carbocycles. The molecule has 10 nitrogen and oxygen atoms in total. The van der Waals surface area contributed by atoms with Gasteiger partial charge in [0.05, 0.1) is 12.0 Å². The number of nitro benzene ring substituents is 1. The van der Waals surface area contributed by atoms with E-state index in [1.807, 2.05) is 0 Å². The van der Waals surface area contributed by atoms with E-state index in [-0.39, 0.29) is 18.0 Å². The van der Waals surface area contributed by atoms with Gasteiger partial charge in [0.2, 0.25) is 6.29 Å². The van der Waals surface area contributed by atoms with E-state index in [4.69, 9.17) is 23.7 Å². The average molecular weight is 431 g/mol. The summed E-state index contributed by atoms with van der Waals surface area (Å²) in [6.45, 7) is -0.0313. The molecule has 0 aromatic heterocycles. The Balaban J connectivity index is 1.45.